The maximum absolute atomic E-state index is 13.7. The summed E-state index contributed by atoms with van der Waals surface area (Å²) in [6.07, 6.45) is 0. The number of benzene rings is 2. The Morgan fingerprint density at radius 2 is 1.71 bits per heavy atom. The Balaban J connectivity index is 1.75. The number of hydrogen-bond donors (Lipinski definition) is 2. The molecule has 0 radical (unpaired) electrons. The van der Waals surface area contributed by atoms with E-state index in [2.05, 4.69) is 20.6 Å². The van der Waals surface area contributed by atoms with Crippen LogP contribution in [0.2, 0.25) is 0 Å². The van der Waals surface area contributed by atoms with E-state index >= 15 is 0 Å². The first-order valence-corrected chi connectivity index (χ1v) is 7.46. The van der Waals surface area contributed by atoms with Crippen LogP contribution >= 0.6 is 0 Å². The van der Waals surface area contributed by atoms with Crippen LogP contribution < -0.4 is 10.6 Å². The fraction of sp³-hybridized carbons (Fsp3) is 0.111. The number of nitrogens with one attached hydrogen (secondary N) is 2. The summed E-state index contributed by atoms with van der Waals surface area (Å²) in [5.74, 6) is 1.04. The smallest absolute Gasteiger partial charge is 0.136 e. The van der Waals surface area contributed by atoms with Crippen molar-refractivity contribution in [2.45, 2.75) is 13.5 Å². The molecule has 3 aromatic rings. The Labute approximate surface area is 138 Å². The molecular weight excluding hydrogens is 310 g/mol. The number of aromatic nitrogens is 2. The van der Waals surface area contributed by atoms with Crippen molar-refractivity contribution in [1.82, 2.24) is 9.97 Å². The summed E-state index contributed by atoms with van der Waals surface area (Å²) >= 11 is 0. The molecule has 0 fully saturated rings. The Morgan fingerprint density at radius 3 is 2.50 bits per heavy atom. The van der Waals surface area contributed by atoms with E-state index in [9.17, 15) is 8.78 Å². The number of halogens is 2. The molecule has 0 saturated carbocycles. The highest BCUT2D eigenvalue weighted by Gasteiger charge is 2.05. The van der Waals surface area contributed by atoms with Gasteiger partial charge in [0, 0.05) is 23.9 Å². The first-order valence-electron chi connectivity index (χ1n) is 7.46. The molecule has 0 spiro atoms. The second-order valence-corrected chi connectivity index (χ2v) is 5.27. The molecule has 0 amide bonds. The molecule has 1 aromatic heterocycles. The molecule has 0 saturated heterocycles. The van der Waals surface area contributed by atoms with Crippen LogP contribution in [0.3, 0.4) is 0 Å². The van der Waals surface area contributed by atoms with Gasteiger partial charge in [-0.3, -0.25) is 0 Å². The molecule has 122 valence electrons. The number of aryl methyl sites for hydroxylation is 1. The Hall–Kier alpha value is -3.02. The lowest BCUT2D eigenvalue weighted by Gasteiger charge is -2.11. The minimum Gasteiger partial charge on any atom is -0.366 e. The molecule has 4 nitrogen and oxygen atoms in total. The van der Waals surface area contributed by atoms with Gasteiger partial charge in [0.15, 0.2) is 0 Å². The third-order valence-corrected chi connectivity index (χ3v) is 3.35. The third-order valence-electron chi connectivity index (χ3n) is 3.35. The number of nitrogens with zero attached hydrogens (tertiary/aromatic N) is 2. The van der Waals surface area contributed by atoms with Crippen molar-refractivity contribution < 1.29 is 8.78 Å². The van der Waals surface area contributed by atoms with E-state index in [-0.39, 0.29) is 11.6 Å². The third kappa shape index (κ3) is 4.04. The lowest BCUT2D eigenvalue weighted by molar-refractivity contribution is 0.613. The molecule has 0 atom stereocenters. The van der Waals surface area contributed by atoms with Gasteiger partial charge in [-0.05, 0) is 31.2 Å². The zero-order chi connectivity index (χ0) is 16.9. The number of rotatable bonds is 5. The van der Waals surface area contributed by atoms with E-state index in [0.29, 0.717) is 35.3 Å². The fourth-order valence-electron chi connectivity index (χ4n) is 2.26. The highest BCUT2D eigenvalue weighted by molar-refractivity contribution is 5.59. The van der Waals surface area contributed by atoms with E-state index < -0.39 is 0 Å². The summed E-state index contributed by atoms with van der Waals surface area (Å²) in [7, 11) is 0. The van der Waals surface area contributed by atoms with Gasteiger partial charge in [-0.25, -0.2) is 18.7 Å². The van der Waals surface area contributed by atoms with Gasteiger partial charge in [0.2, 0.25) is 0 Å². The summed E-state index contributed by atoms with van der Waals surface area (Å²) in [6.45, 7) is 2.06. The average Bonchev–Trinajstić information content (AvgIpc) is 2.53. The minimum absolute atomic E-state index is 0.270. The Morgan fingerprint density at radius 1 is 0.917 bits per heavy atom. The molecule has 0 unspecified atom stereocenters. The van der Waals surface area contributed by atoms with Gasteiger partial charge in [-0.15, -0.1) is 0 Å². The lowest BCUT2D eigenvalue weighted by atomic mass is 10.2. The van der Waals surface area contributed by atoms with Crippen molar-refractivity contribution in [1.29, 1.82) is 0 Å². The highest BCUT2D eigenvalue weighted by atomic mass is 19.1. The predicted octanol–water partition coefficient (Wildman–Crippen LogP) is 4.42. The molecule has 6 heteroatoms. The number of hydrogen-bond acceptors (Lipinski definition) is 4. The highest BCUT2D eigenvalue weighted by Crippen LogP contribution is 2.19. The standard InChI is InChI=1S/C18H16F2N4/c1-12-22-17(21-11-13-5-2-3-8-16(13)20)10-18(23-12)24-15-7-4-6-14(19)9-15/h2-10H,11H2,1H3,(H2,21,22,23,24). The molecule has 0 aliphatic carbocycles. The quantitative estimate of drug-likeness (QED) is 0.729. The summed E-state index contributed by atoms with van der Waals surface area (Å²) in [4.78, 5) is 8.55. The van der Waals surface area contributed by atoms with Gasteiger partial charge in [0.1, 0.15) is 29.1 Å². The maximum atomic E-state index is 13.7. The molecule has 1 heterocycles. The summed E-state index contributed by atoms with van der Waals surface area (Å²) in [5.41, 5.74) is 1.14. The van der Waals surface area contributed by atoms with E-state index in [4.69, 9.17) is 0 Å². The fourth-order valence-corrected chi connectivity index (χ4v) is 2.26. The van der Waals surface area contributed by atoms with Crippen molar-refractivity contribution >= 4 is 17.3 Å². The largest absolute Gasteiger partial charge is 0.366 e. The van der Waals surface area contributed by atoms with Gasteiger partial charge >= 0.3 is 0 Å². The lowest BCUT2D eigenvalue weighted by Crippen LogP contribution is -2.06. The molecule has 0 bridgehead atoms. The van der Waals surface area contributed by atoms with Crippen LogP contribution in [0.25, 0.3) is 0 Å². The van der Waals surface area contributed by atoms with Crippen LogP contribution in [0.5, 0.6) is 0 Å². The summed E-state index contributed by atoms with van der Waals surface area (Å²) in [6, 6.07) is 14.4. The predicted molar refractivity (Wildman–Crippen MR) is 90.2 cm³/mol. The average molecular weight is 326 g/mol. The minimum atomic E-state index is -0.330. The summed E-state index contributed by atoms with van der Waals surface area (Å²) < 4.78 is 26.9. The zero-order valence-corrected chi connectivity index (χ0v) is 13.1. The van der Waals surface area contributed by atoms with Crippen molar-refractivity contribution in [3.63, 3.8) is 0 Å². The van der Waals surface area contributed by atoms with Gasteiger partial charge < -0.3 is 10.6 Å². The zero-order valence-electron chi connectivity index (χ0n) is 13.1. The SMILES string of the molecule is Cc1nc(NCc2ccccc2F)cc(Nc2cccc(F)c2)n1. The molecule has 0 aliphatic rings. The van der Waals surface area contributed by atoms with Crippen molar-refractivity contribution in [3.05, 3.63) is 77.6 Å². The molecule has 24 heavy (non-hydrogen) atoms. The van der Waals surface area contributed by atoms with E-state index in [1.807, 2.05) is 0 Å². The van der Waals surface area contributed by atoms with Crippen LogP contribution in [0.4, 0.5) is 26.1 Å². The molecule has 3 rings (SSSR count). The molecule has 2 N–H and O–H groups in total. The molecule has 2 aromatic carbocycles. The van der Waals surface area contributed by atoms with Gasteiger partial charge in [0.05, 0.1) is 0 Å². The van der Waals surface area contributed by atoms with Gasteiger partial charge in [-0.2, -0.15) is 0 Å². The van der Waals surface area contributed by atoms with Crippen molar-refractivity contribution in [2.75, 3.05) is 10.6 Å². The van der Waals surface area contributed by atoms with Crippen LogP contribution in [0.15, 0.2) is 54.6 Å². The normalized spacial score (nSPS) is 10.5. The van der Waals surface area contributed by atoms with Gasteiger partial charge in [0.25, 0.3) is 0 Å². The summed E-state index contributed by atoms with van der Waals surface area (Å²) in [5, 5.41) is 6.11. The second kappa shape index (κ2) is 7.04. The Bertz CT molecular complexity index is 852. The maximum Gasteiger partial charge on any atom is 0.136 e. The number of anilines is 3. The first-order chi connectivity index (χ1) is 11.6. The van der Waals surface area contributed by atoms with E-state index in [0.717, 1.165) is 0 Å². The van der Waals surface area contributed by atoms with E-state index in [1.54, 1.807) is 43.3 Å². The topological polar surface area (TPSA) is 49.8 Å². The van der Waals surface area contributed by atoms with Crippen LogP contribution in [0.1, 0.15) is 11.4 Å². The second-order valence-electron chi connectivity index (χ2n) is 5.27. The van der Waals surface area contributed by atoms with Crippen molar-refractivity contribution in [3.8, 4) is 0 Å². The van der Waals surface area contributed by atoms with Gasteiger partial charge in [-0.1, -0.05) is 24.3 Å². The first kappa shape index (κ1) is 15.9. The Kier molecular flexibility index (Phi) is 4.65. The van der Waals surface area contributed by atoms with Crippen molar-refractivity contribution in [2.24, 2.45) is 0 Å². The monoisotopic (exact) mass is 326 g/mol. The van der Waals surface area contributed by atoms with Crippen LogP contribution in [-0.4, -0.2) is 9.97 Å². The molecular formula is C18H16F2N4. The van der Waals surface area contributed by atoms with E-state index in [1.165, 1.54) is 18.2 Å². The van der Waals surface area contributed by atoms with Crippen LogP contribution in [0, 0.1) is 18.6 Å². The van der Waals surface area contributed by atoms with Crippen LogP contribution in [-0.2, 0) is 6.54 Å². The molecule has 0 aliphatic heterocycles.